The van der Waals surface area contributed by atoms with E-state index in [1.54, 1.807) is 0 Å². The van der Waals surface area contributed by atoms with Gasteiger partial charge in [-0.25, -0.2) is 0 Å². The van der Waals surface area contributed by atoms with E-state index in [1.807, 2.05) is 6.20 Å². The number of pyridine rings is 1. The topological polar surface area (TPSA) is 28.2 Å². The second-order valence-corrected chi connectivity index (χ2v) is 7.42. The van der Waals surface area contributed by atoms with Crippen molar-refractivity contribution >= 4 is 0 Å². The number of nitrogens with one attached hydrogen (secondary N) is 1. The largest absolute Gasteiger partial charge is 0.303 e. The number of rotatable bonds is 5. The van der Waals surface area contributed by atoms with Crippen molar-refractivity contribution in [3.05, 3.63) is 52.7 Å². The minimum Gasteiger partial charge on any atom is -0.303 e. The van der Waals surface area contributed by atoms with Crippen molar-refractivity contribution in [1.29, 1.82) is 0 Å². The molecule has 1 aromatic carbocycles. The van der Waals surface area contributed by atoms with Crippen molar-refractivity contribution in [2.75, 3.05) is 19.6 Å². The number of aryl methyl sites for hydroxylation is 2. The SMILES string of the molecule is C#CCNC1CCN(Cc2ccnc(-c3cc(C)c(C)c(C)c3)c2)CC1. The molecule has 1 aromatic heterocycles. The highest BCUT2D eigenvalue weighted by Crippen LogP contribution is 2.24. The van der Waals surface area contributed by atoms with Gasteiger partial charge in [0.05, 0.1) is 12.2 Å². The van der Waals surface area contributed by atoms with Crippen molar-refractivity contribution in [2.45, 2.75) is 46.2 Å². The highest BCUT2D eigenvalue weighted by atomic mass is 15.1. The zero-order valence-electron chi connectivity index (χ0n) is 16.2. The van der Waals surface area contributed by atoms with Crippen molar-refractivity contribution in [1.82, 2.24) is 15.2 Å². The highest BCUT2D eigenvalue weighted by Gasteiger charge is 2.18. The van der Waals surface area contributed by atoms with Crippen LogP contribution >= 0.6 is 0 Å². The average molecular weight is 348 g/mol. The van der Waals surface area contributed by atoms with Crippen LogP contribution < -0.4 is 5.32 Å². The normalized spacial score (nSPS) is 15.8. The van der Waals surface area contributed by atoms with Gasteiger partial charge in [0, 0.05) is 24.3 Å². The van der Waals surface area contributed by atoms with Crippen LogP contribution in [0.1, 0.15) is 35.1 Å². The van der Waals surface area contributed by atoms with E-state index in [4.69, 9.17) is 6.42 Å². The van der Waals surface area contributed by atoms with Crippen LogP contribution in [0, 0.1) is 33.1 Å². The highest BCUT2D eigenvalue weighted by molar-refractivity contribution is 5.63. The molecule has 2 aromatic rings. The molecular formula is C23H29N3. The lowest BCUT2D eigenvalue weighted by Crippen LogP contribution is -2.42. The lowest BCUT2D eigenvalue weighted by Gasteiger charge is -2.32. The first-order valence-electron chi connectivity index (χ1n) is 9.49. The Morgan fingerprint density at radius 2 is 1.85 bits per heavy atom. The lowest BCUT2D eigenvalue weighted by atomic mass is 9.98. The molecule has 1 aliphatic heterocycles. The second kappa shape index (κ2) is 8.49. The fourth-order valence-electron chi connectivity index (χ4n) is 3.67. The number of aromatic nitrogens is 1. The molecule has 3 nitrogen and oxygen atoms in total. The Kier molecular flexibility index (Phi) is 6.08. The molecule has 1 N–H and O–H groups in total. The Balaban J connectivity index is 1.66. The van der Waals surface area contributed by atoms with Gasteiger partial charge in [-0.15, -0.1) is 6.42 Å². The molecule has 1 aliphatic rings. The predicted octanol–water partition coefficient (Wildman–Crippen LogP) is 3.86. The van der Waals surface area contributed by atoms with Crippen LogP contribution in [-0.4, -0.2) is 35.6 Å². The van der Waals surface area contributed by atoms with E-state index >= 15 is 0 Å². The fourth-order valence-corrected chi connectivity index (χ4v) is 3.67. The van der Waals surface area contributed by atoms with Crippen LogP contribution in [0.5, 0.6) is 0 Å². The minimum absolute atomic E-state index is 0.564. The molecule has 3 heteroatoms. The first-order valence-corrected chi connectivity index (χ1v) is 9.49. The summed E-state index contributed by atoms with van der Waals surface area (Å²) in [6, 6.07) is 9.44. The minimum atomic E-state index is 0.564. The number of benzene rings is 1. The Labute approximate surface area is 157 Å². The van der Waals surface area contributed by atoms with Crippen LogP contribution in [0.15, 0.2) is 30.5 Å². The Hall–Kier alpha value is -2.15. The second-order valence-electron chi connectivity index (χ2n) is 7.42. The number of hydrogen-bond acceptors (Lipinski definition) is 3. The summed E-state index contributed by atoms with van der Waals surface area (Å²) in [6.45, 7) is 10.4. The van der Waals surface area contributed by atoms with Crippen molar-refractivity contribution in [3.8, 4) is 23.6 Å². The summed E-state index contributed by atoms with van der Waals surface area (Å²) in [4.78, 5) is 7.14. The van der Waals surface area contributed by atoms with Gasteiger partial charge in [-0.3, -0.25) is 9.88 Å². The van der Waals surface area contributed by atoms with E-state index in [9.17, 15) is 0 Å². The van der Waals surface area contributed by atoms with Gasteiger partial charge in [0.2, 0.25) is 0 Å². The maximum absolute atomic E-state index is 5.34. The Morgan fingerprint density at radius 3 is 2.50 bits per heavy atom. The molecule has 136 valence electrons. The zero-order chi connectivity index (χ0) is 18.5. The van der Waals surface area contributed by atoms with Crippen molar-refractivity contribution in [3.63, 3.8) is 0 Å². The molecule has 0 saturated carbocycles. The van der Waals surface area contributed by atoms with E-state index in [2.05, 4.69) is 66.2 Å². The molecule has 0 radical (unpaired) electrons. The number of hydrogen-bond donors (Lipinski definition) is 1. The Bertz CT molecular complexity index is 772. The standard InChI is InChI=1S/C23H29N3/c1-5-9-24-22-7-11-26(12-8-22)16-20-6-10-25-23(15-20)21-13-17(2)19(4)18(3)14-21/h1,6,10,13-15,22,24H,7-9,11-12,16H2,2-4H3. The maximum Gasteiger partial charge on any atom is 0.0705 e. The fraction of sp³-hybridized carbons (Fsp3) is 0.435. The van der Waals surface area contributed by atoms with Crippen LogP contribution in [0.25, 0.3) is 11.3 Å². The molecule has 1 saturated heterocycles. The van der Waals surface area contributed by atoms with Crippen LogP contribution in [-0.2, 0) is 6.54 Å². The van der Waals surface area contributed by atoms with Gasteiger partial charge in [0.25, 0.3) is 0 Å². The summed E-state index contributed by atoms with van der Waals surface area (Å²) in [5, 5.41) is 3.43. The molecule has 1 fully saturated rings. The first-order chi connectivity index (χ1) is 12.6. The quantitative estimate of drug-likeness (QED) is 0.833. The average Bonchev–Trinajstić information content (AvgIpc) is 2.65. The van der Waals surface area contributed by atoms with Gasteiger partial charge in [-0.1, -0.05) is 5.92 Å². The maximum atomic E-state index is 5.34. The van der Waals surface area contributed by atoms with Gasteiger partial charge in [-0.2, -0.15) is 0 Å². The lowest BCUT2D eigenvalue weighted by molar-refractivity contribution is 0.193. The first kappa shape index (κ1) is 18.6. The van der Waals surface area contributed by atoms with Gasteiger partial charge in [0.1, 0.15) is 0 Å². The Morgan fingerprint density at radius 1 is 1.15 bits per heavy atom. The zero-order valence-corrected chi connectivity index (χ0v) is 16.2. The summed E-state index contributed by atoms with van der Waals surface area (Å²) >= 11 is 0. The van der Waals surface area contributed by atoms with E-state index in [1.165, 1.54) is 27.8 Å². The third-order valence-electron chi connectivity index (χ3n) is 5.53. The molecular weight excluding hydrogens is 318 g/mol. The van der Waals surface area contributed by atoms with E-state index < -0.39 is 0 Å². The van der Waals surface area contributed by atoms with E-state index in [0.717, 1.165) is 38.2 Å². The molecule has 0 atom stereocenters. The number of piperidine rings is 1. The van der Waals surface area contributed by atoms with Crippen LogP contribution in [0.2, 0.25) is 0 Å². The van der Waals surface area contributed by atoms with Gasteiger partial charge >= 0.3 is 0 Å². The summed E-state index contributed by atoms with van der Waals surface area (Å²) in [6.07, 6.45) is 9.60. The molecule has 0 amide bonds. The third kappa shape index (κ3) is 4.52. The summed E-state index contributed by atoms with van der Waals surface area (Å²) < 4.78 is 0. The third-order valence-corrected chi connectivity index (χ3v) is 5.53. The van der Waals surface area contributed by atoms with Crippen molar-refractivity contribution in [2.24, 2.45) is 0 Å². The van der Waals surface area contributed by atoms with E-state index in [0.29, 0.717) is 12.6 Å². The predicted molar refractivity (Wildman–Crippen MR) is 109 cm³/mol. The monoisotopic (exact) mass is 347 g/mol. The summed E-state index contributed by atoms with van der Waals surface area (Å²) in [5.74, 6) is 2.67. The molecule has 0 aliphatic carbocycles. The summed E-state index contributed by atoms with van der Waals surface area (Å²) in [5.41, 5.74) is 7.64. The molecule has 0 spiro atoms. The van der Waals surface area contributed by atoms with Gasteiger partial charge in [0.15, 0.2) is 0 Å². The van der Waals surface area contributed by atoms with E-state index in [-0.39, 0.29) is 0 Å². The summed E-state index contributed by atoms with van der Waals surface area (Å²) in [7, 11) is 0. The van der Waals surface area contributed by atoms with Crippen molar-refractivity contribution < 1.29 is 0 Å². The van der Waals surface area contributed by atoms with Gasteiger partial charge < -0.3 is 5.32 Å². The molecule has 2 heterocycles. The van der Waals surface area contributed by atoms with Crippen LogP contribution in [0.3, 0.4) is 0 Å². The molecule has 26 heavy (non-hydrogen) atoms. The smallest absolute Gasteiger partial charge is 0.0705 e. The number of likely N-dealkylation sites (tertiary alicyclic amines) is 1. The number of nitrogens with zero attached hydrogens (tertiary/aromatic N) is 2. The molecule has 3 rings (SSSR count). The molecule has 0 bridgehead atoms. The number of terminal acetylenes is 1. The van der Waals surface area contributed by atoms with Crippen LogP contribution in [0.4, 0.5) is 0 Å². The van der Waals surface area contributed by atoms with Gasteiger partial charge in [-0.05, 0) is 93.2 Å². The molecule has 0 unspecified atom stereocenters.